The molecular formula is C14H17N3S. The van der Waals surface area contributed by atoms with Crippen molar-refractivity contribution in [2.75, 3.05) is 11.6 Å². The number of para-hydroxylation sites is 1. The van der Waals surface area contributed by atoms with Gasteiger partial charge in [0, 0.05) is 16.7 Å². The zero-order valence-corrected chi connectivity index (χ0v) is 11.3. The first-order valence-corrected chi connectivity index (χ1v) is 7.66. The van der Waals surface area contributed by atoms with Crippen LogP contribution in [0.5, 0.6) is 0 Å². The van der Waals surface area contributed by atoms with Crippen LogP contribution < -0.4 is 5.32 Å². The third kappa shape index (κ3) is 2.17. The largest absolute Gasteiger partial charge is 0.366 e. The van der Waals surface area contributed by atoms with Crippen LogP contribution in [0.2, 0.25) is 0 Å². The lowest BCUT2D eigenvalue weighted by Crippen LogP contribution is -2.26. The molecule has 1 N–H and O–H groups in total. The Kier molecular flexibility index (Phi) is 3.37. The molecule has 0 bridgehead atoms. The number of anilines is 1. The number of hydrogen-bond donors (Lipinski definition) is 1. The summed E-state index contributed by atoms with van der Waals surface area (Å²) in [6, 6.07) is 8.71. The lowest BCUT2D eigenvalue weighted by atomic mass is 10.2. The Morgan fingerprint density at radius 3 is 3.00 bits per heavy atom. The molecule has 1 aliphatic rings. The van der Waals surface area contributed by atoms with Crippen LogP contribution in [0.4, 0.5) is 5.82 Å². The Morgan fingerprint density at radius 1 is 1.22 bits per heavy atom. The van der Waals surface area contributed by atoms with Gasteiger partial charge in [-0.25, -0.2) is 9.97 Å². The maximum atomic E-state index is 4.41. The number of aromatic nitrogens is 2. The van der Waals surface area contributed by atoms with Crippen molar-refractivity contribution in [3.8, 4) is 0 Å². The van der Waals surface area contributed by atoms with E-state index in [9.17, 15) is 0 Å². The summed E-state index contributed by atoms with van der Waals surface area (Å²) in [4.78, 5) is 8.71. The van der Waals surface area contributed by atoms with Crippen molar-refractivity contribution in [3.63, 3.8) is 0 Å². The zero-order chi connectivity index (χ0) is 12.4. The van der Waals surface area contributed by atoms with E-state index in [1.165, 1.54) is 19.3 Å². The molecule has 1 fully saturated rings. The van der Waals surface area contributed by atoms with Crippen molar-refractivity contribution in [1.29, 1.82) is 0 Å². The highest BCUT2D eigenvalue weighted by Gasteiger charge is 2.26. The van der Waals surface area contributed by atoms with Crippen molar-refractivity contribution in [3.05, 3.63) is 30.6 Å². The van der Waals surface area contributed by atoms with Crippen LogP contribution >= 0.6 is 11.8 Å². The summed E-state index contributed by atoms with van der Waals surface area (Å²) in [6.07, 6.45) is 7.70. The minimum absolute atomic E-state index is 0.540. The molecule has 94 valence electrons. The Morgan fingerprint density at radius 2 is 2.11 bits per heavy atom. The van der Waals surface area contributed by atoms with Gasteiger partial charge in [-0.3, -0.25) is 0 Å². The summed E-state index contributed by atoms with van der Waals surface area (Å²) in [6.45, 7) is 0. The second kappa shape index (κ2) is 5.14. The van der Waals surface area contributed by atoms with Gasteiger partial charge >= 0.3 is 0 Å². The first kappa shape index (κ1) is 11.8. The van der Waals surface area contributed by atoms with Crippen LogP contribution in [0.1, 0.15) is 19.3 Å². The average molecular weight is 259 g/mol. The zero-order valence-electron chi connectivity index (χ0n) is 10.5. The van der Waals surface area contributed by atoms with E-state index in [0.29, 0.717) is 11.3 Å². The molecule has 2 aromatic rings. The van der Waals surface area contributed by atoms with Crippen LogP contribution in [0.3, 0.4) is 0 Å². The van der Waals surface area contributed by atoms with Gasteiger partial charge in [0.05, 0.1) is 5.52 Å². The number of rotatable bonds is 3. The van der Waals surface area contributed by atoms with E-state index >= 15 is 0 Å². The Hall–Kier alpha value is -1.29. The van der Waals surface area contributed by atoms with Crippen molar-refractivity contribution in [1.82, 2.24) is 9.97 Å². The number of nitrogens with one attached hydrogen (secondary N) is 1. The molecule has 0 amide bonds. The molecule has 0 spiro atoms. The first-order valence-electron chi connectivity index (χ1n) is 6.37. The number of hydrogen-bond acceptors (Lipinski definition) is 4. The molecule has 1 aromatic carbocycles. The molecule has 3 nitrogen and oxygen atoms in total. The van der Waals surface area contributed by atoms with Crippen molar-refractivity contribution < 1.29 is 0 Å². The van der Waals surface area contributed by atoms with Crippen molar-refractivity contribution in [2.24, 2.45) is 0 Å². The maximum Gasteiger partial charge on any atom is 0.137 e. The number of fused-ring (bicyclic) bond motifs is 1. The average Bonchev–Trinajstić information content (AvgIpc) is 2.86. The molecular weight excluding hydrogens is 242 g/mol. The Bertz CT molecular complexity index is 538. The number of thioether (sulfide) groups is 1. The Labute approximate surface area is 111 Å². The third-order valence-corrected chi connectivity index (χ3v) is 4.79. The van der Waals surface area contributed by atoms with E-state index < -0.39 is 0 Å². The molecule has 0 radical (unpaired) electrons. The summed E-state index contributed by atoms with van der Waals surface area (Å²) in [7, 11) is 0. The third-order valence-electron chi connectivity index (χ3n) is 3.62. The quantitative estimate of drug-likeness (QED) is 0.917. The lowest BCUT2D eigenvalue weighted by molar-refractivity contribution is 0.764. The van der Waals surface area contributed by atoms with Gasteiger partial charge < -0.3 is 5.32 Å². The minimum Gasteiger partial charge on any atom is -0.366 e. The highest BCUT2D eigenvalue weighted by molar-refractivity contribution is 7.99. The molecule has 2 atom stereocenters. The number of benzene rings is 1. The highest BCUT2D eigenvalue weighted by Crippen LogP contribution is 2.31. The normalized spacial score (nSPS) is 23.4. The molecule has 0 saturated heterocycles. The van der Waals surface area contributed by atoms with Crippen molar-refractivity contribution in [2.45, 2.75) is 30.6 Å². The fourth-order valence-corrected chi connectivity index (χ4v) is 3.60. The van der Waals surface area contributed by atoms with Crippen LogP contribution in [-0.4, -0.2) is 27.5 Å². The van der Waals surface area contributed by atoms with E-state index in [4.69, 9.17) is 0 Å². The van der Waals surface area contributed by atoms with Crippen LogP contribution in [0.15, 0.2) is 30.6 Å². The summed E-state index contributed by atoms with van der Waals surface area (Å²) in [5.74, 6) is 0.978. The minimum atomic E-state index is 0.540. The molecule has 1 aliphatic carbocycles. The van der Waals surface area contributed by atoms with Gasteiger partial charge in [-0.15, -0.1) is 0 Å². The summed E-state index contributed by atoms with van der Waals surface area (Å²) in [5, 5.41) is 5.44. The summed E-state index contributed by atoms with van der Waals surface area (Å²) in [5.41, 5.74) is 1.01. The van der Waals surface area contributed by atoms with E-state index in [1.807, 2.05) is 30.0 Å². The van der Waals surface area contributed by atoms with Gasteiger partial charge in [-0.2, -0.15) is 11.8 Å². The van der Waals surface area contributed by atoms with E-state index in [-0.39, 0.29) is 0 Å². The van der Waals surface area contributed by atoms with Gasteiger partial charge in [0.25, 0.3) is 0 Å². The second-order valence-corrected chi connectivity index (χ2v) is 5.77. The highest BCUT2D eigenvalue weighted by atomic mass is 32.2. The van der Waals surface area contributed by atoms with Crippen molar-refractivity contribution >= 4 is 28.5 Å². The standard InChI is InChI=1S/C14H17N3S/c1-18-13-8-4-7-12(13)17-14-10-5-2-3-6-11(10)15-9-16-14/h2-3,5-6,9,12-13H,4,7-8H2,1H3,(H,15,16,17). The predicted molar refractivity (Wildman–Crippen MR) is 78.1 cm³/mol. The molecule has 1 saturated carbocycles. The maximum absolute atomic E-state index is 4.41. The van der Waals surface area contributed by atoms with E-state index in [0.717, 1.165) is 16.7 Å². The van der Waals surface area contributed by atoms with Gasteiger partial charge in [-0.1, -0.05) is 18.6 Å². The molecule has 18 heavy (non-hydrogen) atoms. The van der Waals surface area contributed by atoms with Crippen LogP contribution in [-0.2, 0) is 0 Å². The SMILES string of the molecule is CSC1CCCC1Nc1ncnc2ccccc12. The monoisotopic (exact) mass is 259 g/mol. The fourth-order valence-electron chi connectivity index (χ4n) is 2.67. The Balaban J connectivity index is 1.90. The molecule has 1 heterocycles. The first-order chi connectivity index (χ1) is 8.88. The van der Waals surface area contributed by atoms with E-state index in [2.05, 4.69) is 27.6 Å². The molecule has 3 rings (SSSR count). The van der Waals surface area contributed by atoms with Crippen LogP contribution in [0.25, 0.3) is 10.9 Å². The van der Waals surface area contributed by atoms with Gasteiger partial charge in [0.1, 0.15) is 12.1 Å². The van der Waals surface area contributed by atoms with Gasteiger partial charge in [0.15, 0.2) is 0 Å². The summed E-state index contributed by atoms with van der Waals surface area (Å²) < 4.78 is 0. The smallest absolute Gasteiger partial charge is 0.137 e. The van der Waals surface area contributed by atoms with Gasteiger partial charge in [0.2, 0.25) is 0 Å². The van der Waals surface area contributed by atoms with Crippen LogP contribution in [0, 0.1) is 0 Å². The molecule has 1 aromatic heterocycles. The summed E-state index contributed by atoms with van der Waals surface area (Å²) >= 11 is 1.96. The molecule has 4 heteroatoms. The second-order valence-electron chi connectivity index (χ2n) is 4.70. The molecule has 2 unspecified atom stereocenters. The topological polar surface area (TPSA) is 37.8 Å². The number of nitrogens with zero attached hydrogens (tertiary/aromatic N) is 2. The molecule has 0 aliphatic heterocycles. The predicted octanol–water partition coefficient (Wildman–Crippen LogP) is 3.33. The van der Waals surface area contributed by atoms with Gasteiger partial charge in [-0.05, 0) is 31.2 Å². The van der Waals surface area contributed by atoms with E-state index in [1.54, 1.807) is 6.33 Å². The lowest BCUT2D eigenvalue weighted by Gasteiger charge is -2.20. The fraction of sp³-hybridized carbons (Fsp3) is 0.429.